The number of nitrogens with zero attached hydrogens (tertiary/aromatic N) is 1. The monoisotopic (exact) mass is 888 g/mol. The number of H-pyrrole nitrogens is 1. The second kappa shape index (κ2) is 21.1. The molecular formula is C39H56N10O12S. The Morgan fingerprint density at radius 3 is 2.31 bits per heavy atom. The summed E-state index contributed by atoms with van der Waals surface area (Å²) in [6.07, 6.45) is -3.47. The lowest BCUT2D eigenvalue weighted by atomic mass is 9.93. The maximum absolute atomic E-state index is 14.4. The van der Waals surface area contributed by atoms with Crippen molar-refractivity contribution in [1.29, 1.82) is 0 Å². The van der Waals surface area contributed by atoms with Crippen molar-refractivity contribution in [1.82, 2.24) is 47.1 Å². The molecule has 3 aliphatic rings. The third-order valence-corrected chi connectivity index (χ3v) is 12.6. The van der Waals surface area contributed by atoms with E-state index < -0.39 is 134 Å². The normalized spacial score (nSPS) is 27.9. The number of nitrogens with one attached hydrogen (secondary N) is 8. The summed E-state index contributed by atoms with van der Waals surface area (Å²) in [5.41, 5.74) is 6.49. The fourth-order valence-corrected chi connectivity index (χ4v) is 8.75. The summed E-state index contributed by atoms with van der Waals surface area (Å²) in [4.78, 5) is 114. The number of carbonyl (C=O) groups excluding carboxylic acids is 8. The number of benzene rings is 1. The van der Waals surface area contributed by atoms with E-state index in [1.54, 1.807) is 19.9 Å². The number of nitrogens with two attached hydrogens (primary N) is 1. The molecule has 1 fully saturated rings. The summed E-state index contributed by atoms with van der Waals surface area (Å²) < 4.78 is 0. The van der Waals surface area contributed by atoms with E-state index in [0.717, 1.165) is 4.90 Å². The minimum absolute atomic E-state index is 0.0524. The molecule has 3 aliphatic heterocycles. The molecule has 1 saturated heterocycles. The van der Waals surface area contributed by atoms with E-state index in [4.69, 9.17) is 5.73 Å². The summed E-state index contributed by atoms with van der Waals surface area (Å²) >= 11 is 1.17. The molecule has 22 nitrogen and oxygen atoms in total. The van der Waals surface area contributed by atoms with Gasteiger partial charge in [0.15, 0.2) is 0 Å². The van der Waals surface area contributed by atoms with Crippen molar-refractivity contribution in [3.05, 3.63) is 23.8 Å². The van der Waals surface area contributed by atoms with Crippen LogP contribution in [0.2, 0.25) is 0 Å². The van der Waals surface area contributed by atoms with Crippen molar-refractivity contribution < 1.29 is 58.8 Å². The third kappa shape index (κ3) is 11.7. The predicted octanol–water partition coefficient (Wildman–Crippen LogP) is -4.46. The predicted molar refractivity (Wildman–Crippen MR) is 222 cm³/mol. The molecule has 1 aromatic carbocycles. The van der Waals surface area contributed by atoms with E-state index in [-0.39, 0.29) is 37.4 Å². The number of fused-ring (bicyclic) bond motifs is 5. The summed E-state index contributed by atoms with van der Waals surface area (Å²) in [5.74, 6) is -8.31. The van der Waals surface area contributed by atoms with Crippen LogP contribution in [0.3, 0.4) is 0 Å². The van der Waals surface area contributed by atoms with Crippen LogP contribution in [0.15, 0.2) is 23.2 Å². The Bertz CT molecular complexity index is 2030. The van der Waals surface area contributed by atoms with Gasteiger partial charge < -0.3 is 73.3 Å². The lowest BCUT2D eigenvalue weighted by molar-refractivity contribution is -0.142. The molecule has 2 unspecified atom stereocenters. The van der Waals surface area contributed by atoms with E-state index in [9.17, 15) is 58.8 Å². The molecule has 2 aromatic rings. The molecule has 10 atom stereocenters. The summed E-state index contributed by atoms with van der Waals surface area (Å²) in [5, 5.41) is 61.4. The number of phenols is 1. The molecule has 5 rings (SSSR count). The van der Waals surface area contributed by atoms with E-state index in [0.29, 0.717) is 27.9 Å². The minimum atomic E-state index is -1.66. The number of aliphatic hydroxyl groups is 3. The van der Waals surface area contributed by atoms with E-state index in [1.165, 1.54) is 30.8 Å². The van der Waals surface area contributed by atoms with Crippen LogP contribution >= 0.6 is 11.8 Å². The van der Waals surface area contributed by atoms with Gasteiger partial charge in [0, 0.05) is 48.5 Å². The first-order valence-corrected chi connectivity index (χ1v) is 21.4. The molecule has 340 valence electrons. The first-order chi connectivity index (χ1) is 29.4. The topological polar surface area (TPSA) is 347 Å². The zero-order valence-electron chi connectivity index (χ0n) is 34.6. The van der Waals surface area contributed by atoms with Crippen molar-refractivity contribution >= 4 is 69.9 Å². The van der Waals surface area contributed by atoms with Crippen molar-refractivity contribution in [3.63, 3.8) is 0 Å². The van der Waals surface area contributed by atoms with E-state index in [2.05, 4.69) is 42.2 Å². The van der Waals surface area contributed by atoms with Gasteiger partial charge in [-0.15, -0.1) is 11.8 Å². The highest BCUT2D eigenvalue weighted by atomic mass is 32.2. The highest BCUT2D eigenvalue weighted by molar-refractivity contribution is 7.99. The Labute approximate surface area is 360 Å². The molecule has 0 saturated carbocycles. The molecule has 0 aliphatic carbocycles. The Morgan fingerprint density at radius 2 is 1.63 bits per heavy atom. The van der Waals surface area contributed by atoms with Gasteiger partial charge >= 0.3 is 0 Å². The van der Waals surface area contributed by atoms with Gasteiger partial charge in [0.25, 0.3) is 0 Å². The minimum Gasteiger partial charge on any atom is -0.508 e. The smallest absolute Gasteiger partial charge is 0.243 e. The van der Waals surface area contributed by atoms with E-state index in [1.807, 2.05) is 0 Å². The van der Waals surface area contributed by atoms with Gasteiger partial charge in [-0.25, -0.2) is 0 Å². The van der Waals surface area contributed by atoms with Gasteiger partial charge in [0.05, 0.1) is 55.4 Å². The largest absolute Gasteiger partial charge is 0.508 e. The number of aromatic hydroxyl groups is 1. The van der Waals surface area contributed by atoms with Crippen molar-refractivity contribution in [2.45, 2.75) is 99.9 Å². The second-order valence-corrected chi connectivity index (χ2v) is 17.0. The number of primary amides is 1. The zero-order chi connectivity index (χ0) is 45.4. The number of rotatable bonds is 7. The quantitative estimate of drug-likeness (QED) is 0.125. The SMILES string of the molecule is CC[C@H](C)[C@@H]1NC(=O)CNC(=O)C2Cc3c([nH]c4ccc(O)cc34)SCC(CN[C@@H](CC(N)=O)C(=O)N3C[C@H](O)C[C@H]3C(=O)N[C@@H]([C@@H](C)[C@@H](O)CO)C(=O)N2)NC(=O)CNC1=O. The maximum Gasteiger partial charge on any atom is 0.243 e. The van der Waals surface area contributed by atoms with Gasteiger partial charge in [-0.05, 0) is 29.7 Å². The Balaban J connectivity index is 1.67. The second-order valence-electron chi connectivity index (χ2n) is 16.0. The van der Waals surface area contributed by atoms with Crippen molar-refractivity contribution in [2.24, 2.45) is 17.6 Å². The first-order valence-electron chi connectivity index (χ1n) is 20.4. The molecule has 62 heavy (non-hydrogen) atoms. The van der Waals surface area contributed by atoms with Crippen LogP contribution in [0, 0.1) is 11.8 Å². The van der Waals surface area contributed by atoms with Crippen LogP contribution in [0.25, 0.3) is 10.9 Å². The van der Waals surface area contributed by atoms with Crippen LogP contribution in [0.1, 0.15) is 45.6 Å². The fourth-order valence-electron chi connectivity index (χ4n) is 7.63. The van der Waals surface area contributed by atoms with Crippen LogP contribution < -0.4 is 43.0 Å². The molecular weight excluding hydrogens is 833 g/mol. The molecule has 14 N–H and O–H groups in total. The van der Waals surface area contributed by atoms with E-state index >= 15 is 0 Å². The Kier molecular flexibility index (Phi) is 16.1. The average Bonchev–Trinajstić information content (AvgIpc) is 3.80. The molecule has 2 bridgehead atoms. The third-order valence-electron chi connectivity index (χ3n) is 11.4. The molecule has 23 heteroatoms. The molecule has 1 aromatic heterocycles. The van der Waals surface area contributed by atoms with Gasteiger partial charge in [-0.3, -0.25) is 38.4 Å². The van der Waals surface area contributed by atoms with Crippen molar-refractivity contribution in [2.75, 3.05) is 38.5 Å². The average molecular weight is 889 g/mol. The maximum atomic E-state index is 14.4. The van der Waals surface area contributed by atoms with Crippen molar-refractivity contribution in [3.8, 4) is 5.75 Å². The summed E-state index contributed by atoms with van der Waals surface area (Å²) in [7, 11) is 0. The van der Waals surface area contributed by atoms with Gasteiger partial charge in [0.1, 0.15) is 29.9 Å². The fraction of sp³-hybridized carbons (Fsp3) is 0.590. The Morgan fingerprint density at radius 1 is 0.935 bits per heavy atom. The number of phenolic OH excluding ortho intramolecular Hbond substituents is 1. The standard InChI is InChI=1S/C39H56N10O12S/c1-4-17(2)32-36(59)43-12-30(55)44-19-11-41-26(10-29(40)54)39(61)49-14-21(52)8-27(49)35(58)48-33(18(3)28(53)15-50)37(60)45-25(34(57)42-13-31(56)47-32)9-23-22-7-20(51)5-6-24(22)46-38(23)62-16-19/h5-7,17-19,21,25-28,32-33,41,46,50-53H,4,8-16H2,1-3H3,(H2,40,54)(H,42,57)(H,43,59)(H,44,55)(H,45,60)(H,47,56)(H,48,58)/t17-,18-,19?,21+,25?,26-,27-,28-,32-,33-/m0/s1. The number of thioether (sulfide) groups is 1. The van der Waals surface area contributed by atoms with Crippen LogP contribution in [0.4, 0.5) is 0 Å². The highest BCUT2D eigenvalue weighted by Gasteiger charge is 2.44. The summed E-state index contributed by atoms with van der Waals surface area (Å²) in [6.45, 7) is 2.35. The lowest BCUT2D eigenvalue weighted by Crippen LogP contribution is -2.61. The van der Waals surface area contributed by atoms with Crippen LogP contribution in [-0.2, 0) is 44.8 Å². The number of aliphatic hydroxyl groups excluding tert-OH is 3. The number of aromatic amines is 1. The van der Waals surface area contributed by atoms with Crippen LogP contribution in [0.5, 0.6) is 5.75 Å². The van der Waals surface area contributed by atoms with Crippen LogP contribution in [-0.4, -0.2) is 165 Å². The highest BCUT2D eigenvalue weighted by Crippen LogP contribution is 2.33. The summed E-state index contributed by atoms with van der Waals surface area (Å²) in [6, 6.07) is -3.47. The van der Waals surface area contributed by atoms with Gasteiger partial charge in [0.2, 0.25) is 47.3 Å². The lowest BCUT2D eigenvalue weighted by Gasteiger charge is -2.33. The Hall–Kier alpha value is -5.49. The van der Waals surface area contributed by atoms with Gasteiger partial charge in [-0.1, -0.05) is 27.2 Å². The molecule has 0 spiro atoms. The number of amides is 8. The first kappa shape index (κ1) is 47.6. The van der Waals surface area contributed by atoms with Gasteiger partial charge in [-0.2, -0.15) is 0 Å². The molecule has 0 radical (unpaired) electrons. The number of hydrogen-bond acceptors (Lipinski definition) is 14. The zero-order valence-corrected chi connectivity index (χ0v) is 35.4. The molecule has 8 amide bonds. The number of aromatic nitrogens is 1. The number of carbonyl (C=O) groups is 8. The molecule has 4 heterocycles. The number of hydrogen-bond donors (Lipinski definition) is 13.